The lowest BCUT2D eigenvalue weighted by Gasteiger charge is -2.33. The third-order valence-electron chi connectivity index (χ3n) is 13.9. The Morgan fingerprint density at radius 1 is 0.359 bits per heavy atom. The number of hydrogen-bond acceptors (Lipinski definition) is 2. The van der Waals surface area contributed by atoms with Crippen molar-refractivity contribution >= 4 is 68.9 Å². The largest absolute Gasteiger partial charge is 0.311 e. The number of hydrogen-bond donors (Lipinski definition) is 0. The number of para-hydroxylation sites is 4. The highest BCUT2D eigenvalue weighted by atomic mass is 28.3. The van der Waals surface area contributed by atoms with Crippen LogP contribution in [0.4, 0.5) is 34.1 Å². The van der Waals surface area contributed by atoms with E-state index in [2.05, 4.69) is 255 Å². The fraction of sp³-hybridized carbons (Fsp3) is 0.0820. The monoisotopic (exact) mass is 836 g/mol. The molecular formula is C61H48N2Si. The maximum Gasteiger partial charge on any atom is 0.0803 e. The van der Waals surface area contributed by atoms with Crippen molar-refractivity contribution in [2.45, 2.75) is 32.0 Å². The summed E-state index contributed by atoms with van der Waals surface area (Å²) in [5, 5.41) is 6.48. The van der Waals surface area contributed by atoms with Crippen molar-refractivity contribution in [1.82, 2.24) is 0 Å². The number of fused-ring (bicyclic) bond motifs is 14. The fourth-order valence-corrected chi connectivity index (χ4v) is 12.8. The van der Waals surface area contributed by atoms with E-state index in [1.807, 2.05) is 0 Å². The SMILES string of the molecule is Cc1ccccc1N(c1ccccc1)c1ccc2c3c(ccc2c1)-c1ccc2cc(N(c4ccccc4)c4ccccc4[Si](C)(C)C)ccc2c1C31c2ccccc2-c2ccccc21. The second-order valence-electron chi connectivity index (χ2n) is 18.5. The van der Waals surface area contributed by atoms with E-state index in [4.69, 9.17) is 0 Å². The summed E-state index contributed by atoms with van der Waals surface area (Å²) in [6.45, 7) is 9.54. The molecule has 0 aliphatic heterocycles. The minimum absolute atomic E-state index is 0.529. The van der Waals surface area contributed by atoms with Crippen molar-refractivity contribution in [2.24, 2.45) is 0 Å². The van der Waals surface area contributed by atoms with Gasteiger partial charge in [0, 0.05) is 34.1 Å². The third-order valence-corrected chi connectivity index (χ3v) is 15.9. The first-order valence-electron chi connectivity index (χ1n) is 22.5. The summed E-state index contributed by atoms with van der Waals surface area (Å²) < 4.78 is 0. The van der Waals surface area contributed by atoms with E-state index in [9.17, 15) is 0 Å². The molecule has 0 saturated heterocycles. The Balaban J connectivity index is 1.12. The highest BCUT2D eigenvalue weighted by Crippen LogP contribution is 2.65. The Bertz CT molecular complexity index is 3410. The molecule has 0 unspecified atom stereocenters. The molecule has 0 heterocycles. The van der Waals surface area contributed by atoms with Crippen LogP contribution in [0.3, 0.4) is 0 Å². The lowest BCUT2D eigenvalue weighted by Crippen LogP contribution is -2.40. The van der Waals surface area contributed by atoms with E-state index in [1.54, 1.807) is 0 Å². The van der Waals surface area contributed by atoms with Crippen molar-refractivity contribution in [2.75, 3.05) is 9.80 Å². The summed E-state index contributed by atoms with van der Waals surface area (Å²) in [7, 11) is -1.71. The number of rotatable bonds is 7. The molecule has 1 spiro atoms. The molecule has 2 aliphatic rings. The van der Waals surface area contributed by atoms with Gasteiger partial charge in [-0.1, -0.05) is 177 Å². The van der Waals surface area contributed by atoms with Gasteiger partial charge in [0.2, 0.25) is 0 Å². The summed E-state index contributed by atoms with van der Waals surface area (Å²) in [6, 6.07) is 81.7. The first-order chi connectivity index (χ1) is 31.3. The van der Waals surface area contributed by atoms with Crippen LogP contribution < -0.4 is 15.0 Å². The molecule has 0 atom stereocenters. The van der Waals surface area contributed by atoms with E-state index >= 15 is 0 Å². The van der Waals surface area contributed by atoms with E-state index < -0.39 is 13.5 Å². The summed E-state index contributed by atoms with van der Waals surface area (Å²) in [4.78, 5) is 4.88. The van der Waals surface area contributed by atoms with Gasteiger partial charge in [-0.25, -0.2) is 0 Å². The molecule has 306 valence electrons. The van der Waals surface area contributed by atoms with Gasteiger partial charge in [-0.15, -0.1) is 0 Å². The highest BCUT2D eigenvalue weighted by Gasteiger charge is 2.53. The molecule has 3 heteroatoms. The molecule has 2 aliphatic carbocycles. The quantitative estimate of drug-likeness (QED) is 0.148. The summed E-state index contributed by atoms with van der Waals surface area (Å²) in [6.07, 6.45) is 0. The molecule has 0 radical (unpaired) electrons. The van der Waals surface area contributed by atoms with Crippen molar-refractivity contribution in [1.29, 1.82) is 0 Å². The maximum atomic E-state index is 2.48. The molecule has 0 amide bonds. The van der Waals surface area contributed by atoms with E-state index in [1.165, 1.54) is 88.2 Å². The normalized spacial score (nSPS) is 13.1. The zero-order valence-electron chi connectivity index (χ0n) is 36.7. The van der Waals surface area contributed by atoms with Gasteiger partial charge in [0.15, 0.2) is 0 Å². The summed E-state index contributed by atoms with van der Waals surface area (Å²) in [5.41, 5.74) is 18.4. The van der Waals surface area contributed by atoms with Crippen molar-refractivity contribution in [3.8, 4) is 22.3 Å². The smallest absolute Gasteiger partial charge is 0.0803 e. The molecule has 10 aromatic carbocycles. The van der Waals surface area contributed by atoms with Gasteiger partial charge in [-0.05, 0) is 144 Å². The number of anilines is 6. The van der Waals surface area contributed by atoms with Gasteiger partial charge >= 0.3 is 0 Å². The van der Waals surface area contributed by atoms with Crippen LogP contribution >= 0.6 is 0 Å². The number of nitrogens with zero attached hydrogens (tertiary/aromatic N) is 2. The van der Waals surface area contributed by atoms with Gasteiger partial charge in [-0.3, -0.25) is 0 Å². The predicted molar refractivity (Wildman–Crippen MR) is 275 cm³/mol. The molecule has 0 N–H and O–H groups in total. The molecule has 0 saturated carbocycles. The van der Waals surface area contributed by atoms with Crippen LogP contribution in [0.1, 0.15) is 27.8 Å². The first-order valence-corrected chi connectivity index (χ1v) is 26.0. The van der Waals surface area contributed by atoms with Crippen molar-refractivity contribution in [3.05, 3.63) is 246 Å². The molecule has 2 nitrogen and oxygen atoms in total. The number of aryl methyl sites for hydroxylation is 1. The molecule has 10 aromatic rings. The average molecular weight is 837 g/mol. The van der Waals surface area contributed by atoms with Gasteiger partial charge in [0.05, 0.1) is 13.5 Å². The first kappa shape index (κ1) is 38.2. The lowest BCUT2D eigenvalue weighted by atomic mass is 9.68. The standard InChI is InChI=1S/C61H48N2Si/c1-41-19-11-16-28-56(41)62(44-20-7-5-8-21-44)46-33-37-48-42(39-46)31-35-52-53-36-32-43-40-47(63(45-22-9-6-10-23-45)57-29-17-18-30-58(57)64(2,3)4)34-38-49(43)60(53)61(59(48)52)54-26-14-12-24-50(54)51-25-13-15-27-55(51)61/h5-40H,1-4H3. The average Bonchev–Trinajstić information content (AvgIpc) is 3.80. The van der Waals surface area contributed by atoms with Crippen LogP contribution in [-0.4, -0.2) is 8.07 Å². The van der Waals surface area contributed by atoms with Crippen molar-refractivity contribution < 1.29 is 0 Å². The van der Waals surface area contributed by atoms with Gasteiger partial charge in [0.1, 0.15) is 0 Å². The Morgan fingerprint density at radius 2 is 0.797 bits per heavy atom. The molecule has 64 heavy (non-hydrogen) atoms. The van der Waals surface area contributed by atoms with Gasteiger partial charge in [-0.2, -0.15) is 0 Å². The van der Waals surface area contributed by atoms with E-state index in [0.717, 1.165) is 22.7 Å². The topological polar surface area (TPSA) is 6.48 Å². The van der Waals surface area contributed by atoms with Crippen LogP contribution in [0, 0.1) is 6.92 Å². The van der Waals surface area contributed by atoms with Crippen LogP contribution in [0.2, 0.25) is 19.6 Å². The molecule has 0 bridgehead atoms. The Hall–Kier alpha value is -7.46. The van der Waals surface area contributed by atoms with E-state index in [0.29, 0.717) is 0 Å². The highest BCUT2D eigenvalue weighted by molar-refractivity contribution is 6.89. The van der Waals surface area contributed by atoms with Crippen molar-refractivity contribution in [3.63, 3.8) is 0 Å². The zero-order valence-corrected chi connectivity index (χ0v) is 37.7. The van der Waals surface area contributed by atoms with E-state index in [-0.39, 0.29) is 0 Å². The molecule has 0 fully saturated rings. The lowest BCUT2D eigenvalue weighted by molar-refractivity contribution is 0.809. The second kappa shape index (κ2) is 14.6. The van der Waals surface area contributed by atoms with Crippen LogP contribution in [0.25, 0.3) is 43.8 Å². The Labute approximate surface area is 377 Å². The Morgan fingerprint density at radius 3 is 1.31 bits per heavy atom. The zero-order chi connectivity index (χ0) is 43.2. The summed E-state index contributed by atoms with van der Waals surface area (Å²) in [5.74, 6) is 0. The van der Waals surface area contributed by atoms with Crippen LogP contribution in [0.15, 0.2) is 218 Å². The molecule has 12 rings (SSSR count). The van der Waals surface area contributed by atoms with Crippen LogP contribution in [-0.2, 0) is 5.41 Å². The van der Waals surface area contributed by atoms with Gasteiger partial charge < -0.3 is 9.80 Å². The fourth-order valence-electron chi connectivity index (χ4n) is 11.2. The second-order valence-corrected chi connectivity index (χ2v) is 23.6. The van der Waals surface area contributed by atoms with Gasteiger partial charge in [0.25, 0.3) is 0 Å². The third kappa shape index (κ3) is 5.64. The summed E-state index contributed by atoms with van der Waals surface area (Å²) >= 11 is 0. The minimum atomic E-state index is -1.71. The Kier molecular flexibility index (Phi) is 8.69. The molecule has 0 aromatic heterocycles. The minimum Gasteiger partial charge on any atom is -0.311 e. The maximum absolute atomic E-state index is 2.48. The molecular weight excluding hydrogens is 789 g/mol. The predicted octanol–water partition coefficient (Wildman–Crippen LogP) is 16.1. The van der Waals surface area contributed by atoms with Crippen LogP contribution in [0.5, 0.6) is 0 Å². The number of benzene rings is 10.